The SMILES string of the molecule is Cc1ccc(-n2c(S[C@H](C)C(=O)c3ccccc3)nc3sc4c(c3c2=O)CCCC4)cc1. The summed E-state index contributed by atoms with van der Waals surface area (Å²) in [6, 6.07) is 17.2. The molecule has 1 atom stereocenters. The van der Waals surface area contributed by atoms with E-state index in [4.69, 9.17) is 4.98 Å². The molecule has 162 valence electrons. The molecule has 0 spiro atoms. The number of rotatable bonds is 5. The van der Waals surface area contributed by atoms with Gasteiger partial charge < -0.3 is 0 Å². The van der Waals surface area contributed by atoms with Gasteiger partial charge in [0.1, 0.15) is 4.83 Å². The zero-order chi connectivity index (χ0) is 22.2. The second-order valence-electron chi connectivity index (χ2n) is 8.25. The van der Waals surface area contributed by atoms with E-state index in [-0.39, 0.29) is 16.6 Å². The van der Waals surface area contributed by atoms with Crippen LogP contribution in [0.5, 0.6) is 0 Å². The predicted octanol–water partition coefficient (Wildman–Crippen LogP) is 6.00. The number of benzene rings is 2. The predicted molar refractivity (Wildman–Crippen MR) is 133 cm³/mol. The van der Waals surface area contributed by atoms with Crippen LogP contribution in [-0.2, 0) is 12.8 Å². The third-order valence-corrected chi connectivity index (χ3v) is 8.20. The molecule has 0 saturated carbocycles. The van der Waals surface area contributed by atoms with E-state index >= 15 is 0 Å². The highest BCUT2D eigenvalue weighted by Crippen LogP contribution is 2.36. The highest BCUT2D eigenvalue weighted by Gasteiger charge is 2.25. The lowest BCUT2D eigenvalue weighted by molar-refractivity contribution is 0.0994. The van der Waals surface area contributed by atoms with Gasteiger partial charge >= 0.3 is 0 Å². The van der Waals surface area contributed by atoms with E-state index in [0.29, 0.717) is 10.7 Å². The monoisotopic (exact) mass is 460 g/mol. The molecule has 0 aliphatic heterocycles. The number of carbonyl (C=O) groups excluding carboxylic acids is 1. The number of thiophene rings is 1. The van der Waals surface area contributed by atoms with Gasteiger partial charge in [0.2, 0.25) is 0 Å². The summed E-state index contributed by atoms with van der Waals surface area (Å²) < 4.78 is 1.70. The summed E-state index contributed by atoms with van der Waals surface area (Å²) in [6.07, 6.45) is 4.24. The number of aryl methyl sites for hydroxylation is 3. The molecular formula is C26H24N2O2S2. The number of thioether (sulfide) groups is 1. The maximum absolute atomic E-state index is 13.8. The van der Waals surface area contributed by atoms with Crippen LogP contribution in [0.2, 0.25) is 0 Å². The molecular weight excluding hydrogens is 436 g/mol. The Balaban J connectivity index is 1.65. The van der Waals surface area contributed by atoms with Gasteiger partial charge in [0.15, 0.2) is 10.9 Å². The smallest absolute Gasteiger partial charge is 0.267 e. The van der Waals surface area contributed by atoms with Gasteiger partial charge in [0, 0.05) is 10.4 Å². The maximum Gasteiger partial charge on any atom is 0.267 e. The minimum atomic E-state index is -0.368. The van der Waals surface area contributed by atoms with E-state index < -0.39 is 0 Å². The van der Waals surface area contributed by atoms with Gasteiger partial charge in [-0.3, -0.25) is 14.2 Å². The highest BCUT2D eigenvalue weighted by atomic mass is 32.2. The molecule has 0 unspecified atom stereocenters. The summed E-state index contributed by atoms with van der Waals surface area (Å²) >= 11 is 3.00. The van der Waals surface area contributed by atoms with Crippen LogP contribution in [0.1, 0.15) is 46.1 Å². The van der Waals surface area contributed by atoms with Crippen LogP contribution in [0.25, 0.3) is 15.9 Å². The molecule has 5 rings (SSSR count). The van der Waals surface area contributed by atoms with Gasteiger partial charge in [0.25, 0.3) is 5.56 Å². The fourth-order valence-corrected chi connectivity index (χ4v) is 6.54. The van der Waals surface area contributed by atoms with Gasteiger partial charge in [0.05, 0.1) is 16.3 Å². The standard InChI is InChI=1S/C26H24N2O2S2/c1-16-12-14-19(15-13-16)28-25(30)22-20-10-6-7-11-21(20)32-24(22)27-26(28)31-17(2)23(29)18-8-4-3-5-9-18/h3-5,8-9,12-15,17H,6-7,10-11H2,1-2H3/t17-/m1/s1. The van der Waals surface area contributed by atoms with Crippen molar-refractivity contribution in [2.75, 3.05) is 0 Å². The molecule has 2 heterocycles. The average Bonchev–Trinajstić information content (AvgIpc) is 3.19. The number of hydrogen-bond donors (Lipinski definition) is 0. The van der Waals surface area contributed by atoms with E-state index in [1.54, 1.807) is 15.9 Å². The molecule has 4 nitrogen and oxygen atoms in total. The van der Waals surface area contributed by atoms with E-state index in [9.17, 15) is 9.59 Å². The zero-order valence-electron chi connectivity index (χ0n) is 18.1. The zero-order valence-corrected chi connectivity index (χ0v) is 19.8. The molecule has 0 amide bonds. The van der Waals surface area contributed by atoms with Crippen molar-refractivity contribution >= 4 is 39.1 Å². The molecule has 2 aromatic heterocycles. The summed E-state index contributed by atoms with van der Waals surface area (Å²) in [6.45, 7) is 3.91. The first kappa shape index (κ1) is 21.2. The maximum atomic E-state index is 13.8. The lowest BCUT2D eigenvalue weighted by Gasteiger charge is -2.16. The van der Waals surface area contributed by atoms with Crippen molar-refractivity contribution in [1.82, 2.24) is 9.55 Å². The molecule has 6 heteroatoms. The minimum Gasteiger partial charge on any atom is -0.293 e. The van der Waals surface area contributed by atoms with E-state index in [1.807, 2.05) is 68.4 Å². The number of ketones is 1. The van der Waals surface area contributed by atoms with Crippen molar-refractivity contribution in [2.24, 2.45) is 0 Å². The quantitative estimate of drug-likeness (QED) is 0.208. The van der Waals surface area contributed by atoms with E-state index in [1.165, 1.54) is 22.2 Å². The van der Waals surface area contributed by atoms with Crippen LogP contribution in [0.3, 0.4) is 0 Å². The van der Waals surface area contributed by atoms with Crippen molar-refractivity contribution in [3.63, 3.8) is 0 Å². The average molecular weight is 461 g/mol. The van der Waals surface area contributed by atoms with Crippen LogP contribution in [-0.4, -0.2) is 20.6 Å². The van der Waals surface area contributed by atoms with Crippen molar-refractivity contribution in [3.05, 3.63) is 86.5 Å². The normalized spacial score (nSPS) is 14.3. The summed E-state index contributed by atoms with van der Waals surface area (Å²) in [5.74, 6) is 0.0332. The lowest BCUT2D eigenvalue weighted by atomic mass is 9.97. The minimum absolute atomic E-state index is 0.0277. The summed E-state index contributed by atoms with van der Waals surface area (Å²) in [5.41, 5.74) is 3.74. The Kier molecular flexibility index (Phi) is 5.74. The number of Topliss-reactive ketones (excluding diaryl/α,β-unsaturated/α-hetero) is 1. The van der Waals surface area contributed by atoms with Crippen LogP contribution in [0, 0.1) is 6.92 Å². The van der Waals surface area contributed by atoms with Gasteiger partial charge in [-0.15, -0.1) is 11.3 Å². The van der Waals surface area contributed by atoms with Crippen molar-refractivity contribution in [2.45, 2.75) is 49.9 Å². The highest BCUT2D eigenvalue weighted by molar-refractivity contribution is 8.00. The second kappa shape index (κ2) is 8.68. The molecule has 0 N–H and O–H groups in total. The van der Waals surface area contributed by atoms with Gasteiger partial charge in [-0.25, -0.2) is 4.98 Å². The third kappa shape index (κ3) is 3.82. The first-order valence-corrected chi connectivity index (χ1v) is 12.6. The Morgan fingerprint density at radius 2 is 1.78 bits per heavy atom. The van der Waals surface area contributed by atoms with Crippen LogP contribution >= 0.6 is 23.1 Å². The van der Waals surface area contributed by atoms with Crippen LogP contribution < -0.4 is 5.56 Å². The first-order chi connectivity index (χ1) is 15.5. The Morgan fingerprint density at radius 3 is 2.53 bits per heavy atom. The molecule has 1 aliphatic carbocycles. The molecule has 32 heavy (non-hydrogen) atoms. The Bertz CT molecular complexity index is 1350. The molecule has 0 saturated heterocycles. The van der Waals surface area contributed by atoms with Gasteiger partial charge in [-0.05, 0) is 57.2 Å². The largest absolute Gasteiger partial charge is 0.293 e. The molecule has 0 radical (unpaired) electrons. The van der Waals surface area contributed by atoms with E-state index in [0.717, 1.165) is 47.2 Å². The molecule has 0 bridgehead atoms. The number of nitrogens with zero attached hydrogens (tertiary/aromatic N) is 2. The number of fused-ring (bicyclic) bond motifs is 3. The third-order valence-electron chi connectivity index (χ3n) is 5.96. The number of aromatic nitrogens is 2. The van der Waals surface area contributed by atoms with Crippen molar-refractivity contribution in [1.29, 1.82) is 0 Å². The molecule has 2 aromatic carbocycles. The topological polar surface area (TPSA) is 52.0 Å². The Morgan fingerprint density at radius 1 is 1.06 bits per heavy atom. The van der Waals surface area contributed by atoms with Crippen molar-refractivity contribution in [3.8, 4) is 5.69 Å². The fourth-order valence-electron chi connectivity index (χ4n) is 4.24. The van der Waals surface area contributed by atoms with Crippen LogP contribution in [0.15, 0.2) is 64.5 Å². The Hall–Kier alpha value is -2.70. The number of carbonyl (C=O) groups is 1. The van der Waals surface area contributed by atoms with Gasteiger partial charge in [-0.1, -0.05) is 59.8 Å². The molecule has 1 aliphatic rings. The summed E-state index contributed by atoms with van der Waals surface area (Å²) in [5, 5.41) is 0.964. The summed E-state index contributed by atoms with van der Waals surface area (Å²) in [7, 11) is 0. The Labute approximate surface area is 195 Å². The van der Waals surface area contributed by atoms with Crippen molar-refractivity contribution < 1.29 is 4.79 Å². The lowest BCUT2D eigenvalue weighted by Crippen LogP contribution is -2.24. The molecule has 0 fully saturated rings. The number of hydrogen-bond acceptors (Lipinski definition) is 5. The van der Waals surface area contributed by atoms with E-state index in [2.05, 4.69) is 0 Å². The summed E-state index contributed by atoms with van der Waals surface area (Å²) in [4.78, 5) is 33.9. The van der Waals surface area contributed by atoms with Gasteiger partial charge in [-0.2, -0.15) is 0 Å². The molecule has 4 aromatic rings. The second-order valence-corrected chi connectivity index (χ2v) is 10.6. The van der Waals surface area contributed by atoms with Crippen LogP contribution in [0.4, 0.5) is 0 Å². The first-order valence-electron chi connectivity index (χ1n) is 10.9. The fraction of sp³-hybridized carbons (Fsp3) is 0.269.